The van der Waals surface area contributed by atoms with Crippen LogP contribution in [0, 0.1) is 6.92 Å². The van der Waals surface area contributed by atoms with E-state index in [0.29, 0.717) is 12.3 Å². The summed E-state index contributed by atoms with van der Waals surface area (Å²) < 4.78 is 2.23. The minimum absolute atomic E-state index is 0.142. The fourth-order valence-electron chi connectivity index (χ4n) is 4.29. The van der Waals surface area contributed by atoms with E-state index in [1.807, 2.05) is 60.7 Å². The van der Waals surface area contributed by atoms with Crippen LogP contribution in [0.3, 0.4) is 0 Å². The van der Waals surface area contributed by atoms with E-state index in [9.17, 15) is 4.79 Å². The molecule has 35 heavy (non-hydrogen) atoms. The highest BCUT2D eigenvalue weighted by Gasteiger charge is 2.14. The van der Waals surface area contributed by atoms with Gasteiger partial charge in [-0.25, -0.2) is 5.43 Å². The Hall–Kier alpha value is -3.54. The minimum Gasteiger partial charge on any atom is -0.340 e. The zero-order valence-corrected chi connectivity index (χ0v) is 20.8. The third kappa shape index (κ3) is 4.97. The molecule has 1 aromatic heterocycles. The van der Waals surface area contributed by atoms with Gasteiger partial charge in [0.25, 0.3) is 0 Å². The predicted molar refractivity (Wildman–Crippen MR) is 148 cm³/mol. The third-order valence-electron chi connectivity index (χ3n) is 6.06. The van der Waals surface area contributed by atoms with Crippen molar-refractivity contribution in [2.45, 2.75) is 18.4 Å². The fourth-order valence-corrected chi connectivity index (χ4v) is 5.35. The van der Waals surface area contributed by atoms with Crippen LogP contribution in [0.4, 0.5) is 0 Å². The summed E-state index contributed by atoms with van der Waals surface area (Å²) in [5.74, 6) is 0.148. The number of benzene rings is 4. The number of thioether (sulfide) groups is 1. The predicted octanol–water partition coefficient (Wildman–Crippen LogP) is 7.05. The van der Waals surface area contributed by atoms with E-state index in [1.54, 1.807) is 6.21 Å². The van der Waals surface area contributed by atoms with Crippen molar-refractivity contribution in [3.8, 4) is 0 Å². The Morgan fingerprint density at radius 2 is 1.66 bits per heavy atom. The molecule has 0 unspecified atom stereocenters. The van der Waals surface area contributed by atoms with Crippen LogP contribution in [0.1, 0.15) is 16.8 Å². The van der Waals surface area contributed by atoms with Gasteiger partial charge >= 0.3 is 0 Å². The van der Waals surface area contributed by atoms with Crippen molar-refractivity contribution in [1.82, 2.24) is 9.99 Å². The molecule has 0 saturated heterocycles. The van der Waals surface area contributed by atoms with E-state index >= 15 is 0 Å². The minimum atomic E-state index is -0.142. The van der Waals surface area contributed by atoms with E-state index < -0.39 is 0 Å². The molecule has 1 amide bonds. The van der Waals surface area contributed by atoms with Crippen molar-refractivity contribution >= 4 is 57.2 Å². The Balaban J connectivity index is 1.31. The van der Waals surface area contributed by atoms with Gasteiger partial charge in [-0.2, -0.15) is 5.10 Å². The van der Waals surface area contributed by atoms with E-state index in [-0.39, 0.29) is 5.91 Å². The quantitative estimate of drug-likeness (QED) is 0.149. The third-order valence-corrected chi connectivity index (χ3v) is 7.50. The van der Waals surface area contributed by atoms with Crippen molar-refractivity contribution in [2.75, 3.05) is 5.75 Å². The molecule has 0 aliphatic rings. The highest BCUT2D eigenvalue weighted by molar-refractivity contribution is 8.00. The topological polar surface area (TPSA) is 46.4 Å². The van der Waals surface area contributed by atoms with Crippen LogP contribution in [0.15, 0.2) is 101 Å². The molecule has 0 atom stereocenters. The summed E-state index contributed by atoms with van der Waals surface area (Å²) in [7, 11) is 0. The Morgan fingerprint density at radius 1 is 0.943 bits per heavy atom. The first-order chi connectivity index (χ1) is 17.1. The van der Waals surface area contributed by atoms with Gasteiger partial charge < -0.3 is 4.57 Å². The molecular weight excluding hydrogens is 474 g/mol. The van der Waals surface area contributed by atoms with Crippen molar-refractivity contribution < 1.29 is 4.79 Å². The van der Waals surface area contributed by atoms with Crippen LogP contribution in [-0.4, -0.2) is 22.4 Å². The molecule has 5 aromatic rings. The Kier molecular flexibility index (Phi) is 6.89. The molecule has 0 radical (unpaired) electrons. The number of hydrogen-bond donors (Lipinski definition) is 1. The standard InChI is InChI=1S/C29H24ClN3OS/c1-20-25(24-13-5-7-15-27(24)33(20)18-22-10-3-6-14-26(22)30)17-31-32-29(34)19-35-28-16-8-11-21-9-2-4-12-23(21)28/h2-17H,18-19H2,1H3,(H,32,34). The molecule has 0 fully saturated rings. The lowest BCUT2D eigenvalue weighted by Gasteiger charge is -2.10. The summed E-state index contributed by atoms with van der Waals surface area (Å²) in [5, 5.41) is 8.43. The maximum Gasteiger partial charge on any atom is 0.250 e. The number of hydrogen-bond acceptors (Lipinski definition) is 3. The molecule has 0 aliphatic carbocycles. The van der Waals surface area contributed by atoms with E-state index in [0.717, 1.165) is 43.0 Å². The molecule has 4 nitrogen and oxygen atoms in total. The van der Waals surface area contributed by atoms with Crippen LogP contribution >= 0.6 is 23.4 Å². The van der Waals surface area contributed by atoms with Gasteiger partial charge in [0.15, 0.2) is 0 Å². The molecular formula is C29H24ClN3OS. The normalized spacial score (nSPS) is 11.5. The summed E-state index contributed by atoms with van der Waals surface area (Å²) in [6.07, 6.45) is 1.74. The molecule has 0 spiro atoms. The monoisotopic (exact) mass is 497 g/mol. The number of para-hydroxylation sites is 1. The van der Waals surface area contributed by atoms with Gasteiger partial charge in [0.05, 0.1) is 12.0 Å². The van der Waals surface area contributed by atoms with Crippen molar-refractivity contribution in [3.63, 3.8) is 0 Å². The first kappa shape index (κ1) is 23.2. The van der Waals surface area contributed by atoms with Gasteiger partial charge in [0.2, 0.25) is 5.91 Å². The lowest BCUT2D eigenvalue weighted by atomic mass is 10.1. The molecule has 1 N–H and O–H groups in total. The smallest absolute Gasteiger partial charge is 0.250 e. The SMILES string of the molecule is Cc1c(C=NNC(=O)CSc2cccc3ccccc23)c2ccccc2n1Cc1ccccc1Cl. The molecule has 6 heteroatoms. The number of rotatable bonds is 7. The molecule has 1 heterocycles. The summed E-state index contributed by atoms with van der Waals surface area (Å²) in [6, 6.07) is 30.4. The molecule has 174 valence electrons. The molecule has 0 saturated carbocycles. The zero-order valence-electron chi connectivity index (χ0n) is 19.2. The molecule has 5 rings (SSSR count). The van der Waals surface area contributed by atoms with Crippen LogP contribution in [0.25, 0.3) is 21.7 Å². The van der Waals surface area contributed by atoms with Crippen LogP contribution in [-0.2, 0) is 11.3 Å². The molecule has 0 bridgehead atoms. The second-order valence-corrected chi connectivity index (χ2v) is 9.68. The average molecular weight is 498 g/mol. The van der Waals surface area contributed by atoms with E-state index in [2.05, 4.69) is 52.3 Å². The molecule has 4 aromatic carbocycles. The van der Waals surface area contributed by atoms with Gasteiger partial charge in [-0.3, -0.25) is 4.79 Å². The Bertz CT molecular complexity index is 1550. The second kappa shape index (κ2) is 10.4. The number of halogens is 1. The first-order valence-electron chi connectivity index (χ1n) is 11.4. The average Bonchev–Trinajstić information content (AvgIpc) is 3.15. The van der Waals surface area contributed by atoms with Gasteiger partial charge in [0.1, 0.15) is 0 Å². The number of fused-ring (bicyclic) bond motifs is 2. The van der Waals surface area contributed by atoms with E-state index in [4.69, 9.17) is 11.6 Å². The number of nitrogens with zero attached hydrogens (tertiary/aromatic N) is 2. The van der Waals surface area contributed by atoms with Gasteiger partial charge in [-0.15, -0.1) is 11.8 Å². The van der Waals surface area contributed by atoms with Crippen LogP contribution in [0.5, 0.6) is 0 Å². The van der Waals surface area contributed by atoms with Crippen molar-refractivity contribution in [3.05, 3.63) is 113 Å². The Morgan fingerprint density at radius 3 is 2.51 bits per heavy atom. The fraction of sp³-hybridized carbons (Fsp3) is 0.103. The zero-order chi connectivity index (χ0) is 24.2. The number of carbonyl (C=O) groups excluding carboxylic acids is 1. The number of nitrogens with one attached hydrogen (secondary N) is 1. The van der Waals surface area contributed by atoms with Gasteiger partial charge in [0, 0.05) is 38.6 Å². The van der Waals surface area contributed by atoms with Crippen LogP contribution in [0.2, 0.25) is 5.02 Å². The lowest BCUT2D eigenvalue weighted by Crippen LogP contribution is -2.19. The van der Waals surface area contributed by atoms with Crippen molar-refractivity contribution in [1.29, 1.82) is 0 Å². The second-order valence-electron chi connectivity index (χ2n) is 8.25. The van der Waals surface area contributed by atoms with Crippen molar-refractivity contribution in [2.24, 2.45) is 5.10 Å². The summed E-state index contributed by atoms with van der Waals surface area (Å²) in [4.78, 5) is 13.6. The summed E-state index contributed by atoms with van der Waals surface area (Å²) >= 11 is 7.93. The van der Waals surface area contributed by atoms with E-state index in [1.165, 1.54) is 17.1 Å². The summed E-state index contributed by atoms with van der Waals surface area (Å²) in [5.41, 5.74) is 6.89. The van der Waals surface area contributed by atoms with Crippen LogP contribution < -0.4 is 5.43 Å². The first-order valence-corrected chi connectivity index (χ1v) is 12.7. The maximum atomic E-state index is 12.5. The number of hydrazone groups is 1. The van der Waals surface area contributed by atoms with Gasteiger partial charge in [-0.05, 0) is 41.5 Å². The largest absolute Gasteiger partial charge is 0.340 e. The highest BCUT2D eigenvalue weighted by atomic mass is 35.5. The lowest BCUT2D eigenvalue weighted by molar-refractivity contribution is -0.118. The maximum absolute atomic E-state index is 12.5. The Labute approximate surface area is 213 Å². The number of amides is 1. The number of aromatic nitrogens is 1. The van der Waals surface area contributed by atoms with Gasteiger partial charge in [-0.1, -0.05) is 84.4 Å². The highest BCUT2D eigenvalue weighted by Crippen LogP contribution is 2.28. The number of carbonyl (C=O) groups is 1. The molecule has 0 aliphatic heterocycles. The summed E-state index contributed by atoms with van der Waals surface area (Å²) in [6.45, 7) is 2.73.